The summed E-state index contributed by atoms with van der Waals surface area (Å²) in [5, 5.41) is 8.94. The van der Waals surface area contributed by atoms with Crippen molar-refractivity contribution in [2.45, 2.75) is 18.4 Å². The van der Waals surface area contributed by atoms with Gasteiger partial charge >= 0.3 is 0 Å². The lowest BCUT2D eigenvalue weighted by molar-refractivity contribution is 0.101. The number of ketones is 1. The van der Waals surface area contributed by atoms with E-state index in [1.165, 1.54) is 31.2 Å². The van der Waals surface area contributed by atoms with Crippen molar-refractivity contribution in [1.82, 2.24) is 0 Å². The van der Waals surface area contributed by atoms with Crippen molar-refractivity contribution in [2.24, 2.45) is 0 Å². The Morgan fingerprint density at radius 2 is 1.62 bits per heavy atom. The van der Waals surface area contributed by atoms with E-state index in [1.807, 2.05) is 0 Å². The second-order valence-electron chi connectivity index (χ2n) is 4.54. The third-order valence-corrected chi connectivity index (χ3v) is 4.36. The van der Waals surface area contributed by atoms with Crippen LogP contribution in [-0.4, -0.2) is 19.3 Å². The van der Waals surface area contributed by atoms with Crippen molar-refractivity contribution in [3.63, 3.8) is 0 Å². The Balaban J connectivity index is 2.22. The molecule has 2 aromatic rings. The molecular formula is C15H15NO4S. The average molecular weight is 305 g/mol. The zero-order valence-corrected chi connectivity index (χ0v) is 12.2. The molecule has 2 N–H and O–H groups in total. The number of carbonyl (C=O) groups excluding carboxylic acids is 1. The van der Waals surface area contributed by atoms with Gasteiger partial charge in [0.25, 0.3) is 10.0 Å². The second-order valence-corrected chi connectivity index (χ2v) is 6.22. The van der Waals surface area contributed by atoms with E-state index >= 15 is 0 Å². The van der Waals surface area contributed by atoms with E-state index < -0.39 is 10.0 Å². The molecule has 0 aliphatic carbocycles. The van der Waals surface area contributed by atoms with E-state index in [0.717, 1.165) is 0 Å². The molecular weight excluding hydrogens is 290 g/mol. The highest BCUT2D eigenvalue weighted by molar-refractivity contribution is 7.92. The summed E-state index contributed by atoms with van der Waals surface area (Å²) in [6.45, 7) is 1.32. The molecule has 5 nitrogen and oxygen atoms in total. The zero-order chi connectivity index (χ0) is 15.5. The molecule has 0 unspecified atom stereocenters. The summed E-state index contributed by atoms with van der Waals surface area (Å²) >= 11 is 0. The molecule has 0 saturated carbocycles. The van der Waals surface area contributed by atoms with Crippen molar-refractivity contribution in [1.29, 1.82) is 0 Å². The fraction of sp³-hybridized carbons (Fsp3) is 0.133. The van der Waals surface area contributed by atoms with Crippen LogP contribution in [0.5, 0.6) is 0 Å². The smallest absolute Gasteiger partial charge is 0.261 e. The third kappa shape index (κ3) is 3.68. The summed E-state index contributed by atoms with van der Waals surface area (Å²) in [6.07, 6.45) is 0. The van der Waals surface area contributed by atoms with Gasteiger partial charge in [-0.2, -0.15) is 0 Å². The summed E-state index contributed by atoms with van der Waals surface area (Å²) in [7, 11) is -3.70. The Kier molecular flexibility index (Phi) is 4.40. The molecule has 0 aromatic heterocycles. The number of aliphatic hydroxyl groups is 1. The van der Waals surface area contributed by atoms with Crippen molar-refractivity contribution >= 4 is 21.5 Å². The van der Waals surface area contributed by atoms with Crippen LogP contribution in [0.2, 0.25) is 0 Å². The molecule has 0 spiro atoms. The molecule has 0 aliphatic heterocycles. The number of hydrogen-bond donors (Lipinski definition) is 2. The van der Waals surface area contributed by atoms with Gasteiger partial charge in [0.1, 0.15) is 0 Å². The normalized spacial score (nSPS) is 11.1. The number of anilines is 1. The largest absolute Gasteiger partial charge is 0.392 e. The van der Waals surface area contributed by atoms with E-state index in [2.05, 4.69) is 4.72 Å². The SMILES string of the molecule is CC(=O)c1ccc(S(=O)(=O)Nc2ccc(CO)cc2)cc1. The average Bonchev–Trinajstić information content (AvgIpc) is 2.48. The molecule has 6 heteroatoms. The first kappa shape index (κ1) is 15.2. The molecule has 0 aliphatic rings. The lowest BCUT2D eigenvalue weighted by Gasteiger charge is -2.09. The summed E-state index contributed by atoms with van der Waals surface area (Å²) in [5.74, 6) is -0.119. The van der Waals surface area contributed by atoms with E-state index in [0.29, 0.717) is 16.8 Å². The minimum absolute atomic E-state index is 0.0822. The predicted molar refractivity (Wildman–Crippen MR) is 79.6 cm³/mol. The first-order valence-corrected chi connectivity index (χ1v) is 7.74. The van der Waals surface area contributed by atoms with Gasteiger partial charge in [-0.05, 0) is 36.8 Å². The monoisotopic (exact) mass is 305 g/mol. The van der Waals surface area contributed by atoms with Crippen LogP contribution >= 0.6 is 0 Å². The van der Waals surface area contributed by atoms with Crippen molar-refractivity contribution in [3.8, 4) is 0 Å². The van der Waals surface area contributed by atoms with Crippen molar-refractivity contribution < 1.29 is 18.3 Å². The van der Waals surface area contributed by atoms with Crippen LogP contribution in [0.4, 0.5) is 5.69 Å². The predicted octanol–water partition coefficient (Wildman–Crippen LogP) is 2.18. The van der Waals surface area contributed by atoms with Crippen molar-refractivity contribution in [3.05, 3.63) is 59.7 Å². The molecule has 2 aromatic carbocycles. The Morgan fingerprint density at radius 1 is 1.05 bits per heavy atom. The first-order valence-electron chi connectivity index (χ1n) is 6.26. The van der Waals surface area contributed by atoms with Crippen LogP contribution in [0, 0.1) is 0 Å². The van der Waals surface area contributed by atoms with Gasteiger partial charge in [0.15, 0.2) is 5.78 Å². The van der Waals surface area contributed by atoms with Gasteiger partial charge in [-0.25, -0.2) is 8.42 Å². The highest BCUT2D eigenvalue weighted by Gasteiger charge is 2.14. The Bertz CT molecular complexity index is 734. The molecule has 0 radical (unpaired) electrons. The van der Waals surface area contributed by atoms with Crippen molar-refractivity contribution in [2.75, 3.05) is 4.72 Å². The molecule has 0 fully saturated rings. The third-order valence-electron chi connectivity index (χ3n) is 2.96. The lowest BCUT2D eigenvalue weighted by Crippen LogP contribution is -2.13. The number of benzene rings is 2. The first-order chi connectivity index (χ1) is 9.92. The van der Waals surface area contributed by atoms with E-state index in [4.69, 9.17) is 5.11 Å². The summed E-state index contributed by atoms with van der Waals surface area (Å²) < 4.78 is 26.8. The van der Waals surface area contributed by atoms with Crippen LogP contribution in [0.25, 0.3) is 0 Å². The van der Waals surface area contributed by atoms with Crippen LogP contribution in [0.3, 0.4) is 0 Å². The van der Waals surface area contributed by atoms with Gasteiger partial charge in [0.05, 0.1) is 11.5 Å². The van der Waals surface area contributed by atoms with Gasteiger partial charge in [-0.15, -0.1) is 0 Å². The summed E-state index contributed by atoms with van der Waals surface area (Å²) in [5.41, 5.74) is 1.56. The lowest BCUT2D eigenvalue weighted by atomic mass is 10.2. The number of sulfonamides is 1. The quantitative estimate of drug-likeness (QED) is 0.829. The Morgan fingerprint density at radius 3 is 2.10 bits per heavy atom. The van der Waals surface area contributed by atoms with Gasteiger partial charge < -0.3 is 5.11 Å². The van der Waals surface area contributed by atoms with Crippen LogP contribution in [-0.2, 0) is 16.6 Å². The Labute approximate surface area is 123 Å². The fourth-order valence-electron chi connectivity index (χ4n) is 1.76. The molecule has 0 heterocycles. The van der Waals surface area contributed by atoms with Gasteiger partial charge in [0.2, 0.25) is 0 Å². The number of carbonyl (C=O) groups is 1. The molecule has 0 atom stereocenters. The minimum Gasteiger partial charge on any atom is -0.392 e. The molecule has 0 saturated heterocycles. The number of Topliss-reactive ketones (excluding diaryl/α,β-unsaturated/α-hetero) is 1. The molecule has 110 valence electrons. The summed E-state index contributed by atoms with van der Waals surface area (Å²) in [4.78, 5) is 11.3. The van der Waals surface area contributed by atoms with Crippen LogP contribution < -0.4 is 4.72 Å². The second kappa shape index (κ2) is 6.07. The molecule has 21 heavy (non-hydrogen) atoms. The maximum atomic E-state index is 12.2. The highest BCUT2D eigenvalue weighted by atomic mass is 32.2. The van der Waals surface area contributed by atoms with Gasteiger partial charge in [-0.1, -0.05) is 24.3 Å². The van der Waals surface area contributed by atoms with Gasteiger partial charge in [0, 0.05) is 11.3 Å². The molecule has 2 rings (SSSR count). The number of nitrogens with one attached hydrogen (secondary N) is 1. The number of hydrogen-bond acceptors (Lipinski definition) is 4. The summed E-state index contributed by atoms with van der Waals surface area (Å²) in [6, 6.07) is 12.2. The van der Waals surface area contributed by atoms with Gasteiger partial charge in [-0.3, -0.25) is 9.52 Å². The maximum Gasteiger partial charge on any atom is 0.261 e. The number of rotatable bonds is 5. The zero-order valence-electron chi connectivity index (χ0n) is 11.4. The maximum absolute atomic E-state index is 12.2. The molecule has 0 amide bonds. The minimum atomic E-state index is -3.70. The van der Waals surface area contributed by atoms with Crippen LogP contribution in [0.15, 0.2) is 53.4 Å². The van der Waals surface area contributed by atoms with E-state index in [-0.39, 0.29) is 17.3 Å². The highest BCUT2D eigenvalue weighted by Crippen LogP contribution is 2.17. The van der Waals surface area contributed by atoms with Crippen LogP contribution in [0.1, 0.15) is 22.8 Å². The van der Waals surface area contributed by atoms with E-state index in [1.54, 1.807) is 24.3 Å². The number of aliphatic hydroxyl groups excluding tert-OH is 1. The Hall–Kier alpha value is -2.18. The van der Waals surface area contributed by atoms with E-state index in [9.17, 15) is 13.2 Å². The molecule has 0 bridgehead atoms. The fourth-order valence-corrected chi connectivity index (χ4v) is 2.82. The standard InChI is InChI=1S/C15H15NO4S/c1-11(18)13-4-8-15(9-5-13)21(19,20)16-14-6-2-12(10-17)3-7-14/h2-9,16-17H,10H2,1H3. The topological polar surface area (TPSA) is 83.5 Å².